The van der Waals surface area contributed by atoms with Crippen LogP contribution in [0.25, 0.3) is 6.20 Å². The maximum atomic E-state index is 11.7. The molecule has 1 rings (SSSR count). The molecule has 0 fully saturated rings. The minimum atomic E-state index is -0.460. The van der Waals surface area contributed by atoms with E-state index in [1.54, 1.807) is 29.0 Å². The van der Waals surface area contributed by atoms with Gasteiger partial charge in [-0.15, -0.1) is 0 Å². The summed E-state index contributed by atoms with van der Waals surface area (Å²) in [6.07, 6.45) is 5.02. The van der Waals surface area contributed by atoms with Crippen molar-refractivity contribution in [2.24, 2.45) is 0 Å². The van der Waals surface area contributed by atoms with Crippen LogP contribution < -0.4 is 5.32 Å². The lowest BCUT2D eigenvalue weighted by atomic mass is 10.2. The quantitative estimate of drug-likeness (QED) is 0.809. The van der Waals surface area contributed by atoms with Gasteiger partial charge in [-0.05, 0) is 20.8 Å². The Kier molecular flexibility index (Phi) is 5.76. The largest absolute Gasteiger partial charge is 0.444 e. The molecule has 20 heavy (non-hydrogen) atoms. The van der Waals surface area contributed by atoms with Gasteiger partial charge in [-0.1, -0.05) is 6.58 Å². The first-order chi connectivity index (χ1) is 9.31. The van der Waals surface area contributed by atoms with E-state index in [0.29, 0.717) is 19.6 Å². The number of aromatic nitrogens is 2. The van der Waals surface area contributed by atoms with Gasteiger partial charge in [-0.2, -0.15) is 5.10 Å². The van der Waals surface area contributed by atoms with Crippen LogP contribution in [0.1, 0.15) is 26.3 Å². The Labute approximate surface area is 120 Å². The highest BCUT2D eigenvalue weighted by atomic mass is 16.6. The molecule has 1 N–H and O–H groups in total. The minimum absolute atomic E-state index is 0.307. The molecule has 0 saturated carbocycles. The molecule has 112 valence electrons. The highest BCUT2D eigenvalue weighted by Gasteiger charge is 2.18. The van der Waals surface area contributed by atoms with Crippen molar-refractivity contribution in [3.63, 3.8) is 0 Å². The lowest BCUT2D eigenvalue weighted by Crippen LogP contribution is -2.37. The van der Waals surface area contributed by atoms with Crippen molar-refractivity contribution in [2.75, 3.05) is 20.1 Å². The van der Waals surface area contributed by atoms with E-state index in [9.17, 15) is 4.79 Å². The van der Waals surface area contributed by atoms with Gasteiger partial charge in [-0.25, -0.2) is 9.48 Å². The normalized spacial score (nSPS) is 11.2. The Bertz CT molecular complexity index is 448. The Morgan fingerprint density at radius 3 is 2.85 bits per heavy atom. The van der Waals surface area contributed by atoms with E-state index >= 15 is 0 Å². The zero-order chi connectivity index (χ0) is 15.2. The third-order valence-electron chi connectivity index (χ3n) is 2.50. The van der Waals surface area contributed by atoms with Gasteiger partial charge in [0, 0.05) is 44.6 Å². The van der Waals surface area contributed by atoms with Crippen LogP contribution in [0.5, 0.6) is 0 Å². The van der Waals surface area contributed by atoms with Gasteiger partial charge in [0.2, 0.25) is 0 Å². The first-order valence-corrected chi connectivity index (χ1v) is 6.62. The predicted molar refractivity (Wildman–Crippen MR) is 79.2 cm³/mol. The highest BCUT2D eigenvalue weighted by Crippen LogP contribution is 2.08. The SMILES string of the molecule is C=Cn1cc(CNCCN(C)C(=O)OC(C)(C)C)cn1. The summed E-state index contributed by atoms with van der Waals surface area (Å²) in [6.45, 7) is 11.2. The molecule has 6 heteroatoms. The average molecular weight is 280 g/mol. The number of likely N-dealkylation sites (N-methyl/N-ethyl adjacent to an activating group) is 1. The van der Waals surface area contributed by atoms with Crippen LogP contribution in [0.15, 0.2) is 19.0 Å². The zero-order valence-electron chi connectivity index (χ0n) is 12.7. The average Bonchev–Trinajstić information content (AvgIpc) is 2.80. The zero-order valence-corrected chi connectivity index (χ0v) is 12.7. The van der Waals surface area contributed by atoms with E-state index in [-0.39, 0.29) is 6.09 Å². The van der Waals surface area contributed by atoms with E-state index < -0.39 is 5.60 Å². The van der Waals surface area contributed by atoms with Crippen molar-refractivity contribution in [3.8, 4) is 0 Å². The smallest absolute Gasteiger partial charge is 0.410 e. The van der Waals surface area contributed by atoms with Crippen LogP contribution in [0.3, 0.4) is 0 Å². The number of rotatable bonds is 6. The monoisotopic (exact) mass is 280 g/mol. The first-order valence-electron chi connectivity index (χ1n) is 6.62. The van der Waals surface area contributed by atoms with Crippen molar-refractivity contribution in [2.45, 2.75) is 32.9 Å². The fraction of sp³-hybridized carbons (Fsp3) is 0.571. The number of ether oxygens (including phenoxy) is 1. The number of hydrogen-bond acceptors (Lipinski definition) is 4. The number of nitrogens with one attached hydrogen (secondary N) is 1. The minimum Gasteiger partial charge on any atom is -0.444 e. The molecule has 0 aliphatic heterocycles. The van der Waals surface area contributed by atoms with E-state index in [0.717, 1.165) is 5.56 Å². The van der Waals surface area contributed by atoms with Crippen LogP contribution >= 0.6 is 0 Å². The van der Waals surface area contributed by atoms with Gasteiger partial charge < -0.3 is 15.0 Å². The van der Waals surface area contributed by atoms with Gasteiger partial charge in [-0.3, -0.25) is 0 Å². The molecule has 0 aromatic carbocycles. The third-order valence-corrected chi connectivity index (χ3v) is 2.50. The molecule has 6 nitrogen and oxygen atoms in total. The second-order valence-corrected chi connectivity index (χ2v) is 5.59. The van der Waals surface area contributed by atoms with Gasteiger partial charge >= 0.3 is 6.09 Å². The van der Waals surface area contributed by atoms with Crippen molar-refractivity contribution in [1.29, 1.82) is 0 Å². The molecule has 0 unspecified atom stereocenters. The lowest BCUT2D eigenvalue weighted by molar-refractivity contribution is 0.0300. The standard InChI is InChI=1S/C14H24N4O2/c1-6-18-11-12(10-16-18)9-15-7-8-17(5)13(19)20-14(2,3)4/h6,10-11,15H,1,7-9H2,2-5H3. The van der Waals surface area contributed by atoms with Crippen LogP contribution in [-0.4, -0.2) is 46.5 Å². The Morgan fingerprint density at radius 2 is 2.30 bits per heavy atom. The maximum absolute atomic E-state index is 11.7. The molecule has 1 heterocycles. The first kappa shape index (κ1) is 16.2. The Hall–Kier alpha value is -1.82. The summed E-state index contributed by atoms with van der Waals surface area (Å²) in [6, 6.07) is 0. The van der Waals surface area contributed by atoms with Crippen LogP contribution in [0.2, 0.25) is 0 Å². The molecule has 0 saturated heterocycles. The molecule has 1 aromatic rings. The second kappa shape index (κ2) is 7.09. The number of hydrogen-bond donors (Lipinski definition) is 1. The summed E-state index contributed by atoms with van der Waals surface area (Å²) in [4.78, 5) is 13.3. The topological polar surface area (TPSA) is 59.4 Å². The fourth-order valence-corrected chi connectivity index (χ4v) is 1.48. The van der Waals surface area contributed by atoms with Crippen LogP contribution in [0, 0.1) is 0 Å². The summed E-state index contributed by atoms with van der Waals surface area (Å²) in [5.41, 5.74) is 0.614. The number of carbonyl (C=O) groups is 1. The van der Waals surface area contributed by atoms with Crippen LogP contribution in [0.4, 0.5) is 4.79 Å². The maximum Gasteiger partial charge on any atom is 0.410 e. The molecule has 0 aliphatic rings. The Balaban J connectivity index is 2.23. The molecule has 0 atom stereocenters. The third kappa shape index (κ3) is 5.88. The number of amides is 1. The molecule has 0 aliphatic carbocycles. The van der Waals surface area contributed by atoms with Crippen molar-refractivity contribution < 1.29 is 9.53 Å². The fourth-order valence-electron chi connectivity index (χ4n) is 1.48. The highest BCUT2D eigenvalue weighted by molar-refractivity contribution is 5.67. The van der Waals surface area contributed by atoms with Gasteiger partial charge in [0.1, 0.15) is 5.60 Å². The van der Waals surface area contributed by atoms with E-state index in [2.05, 4.69) is 17.0 Å². The second-order valence-electron chi connectivity index (χ2n) is 5.59. The molecule has 0 spiro atoms. The van der Waals surface area contributed by atoms with E-state index in [1.165, 1.54) is 0 Å². The summed E-state index contributed by atoms with van der Waals surface area (Å²) >= 11 is 0. The van der Waals surface area contributed by atoms with Gasteiger partial charge in [0.05, 0.1) is 6.20 Å². The summed E-state index contributed by atoms with van der Waals surface area (Å²) in [7, 11) is 1.73. The number of nitrogens with zero attached hydrogens (tertiary/aromatic N) is 3. The van der Waals surface area contributed by atoms with E-state index in [1.807, 2.05) is 27.0 Å². The molecule has 1 amide bonds. The van der Waals surface area contributed by atoms with Crippen molar-refractivity contribution >= 4 is 12.3 Å². The summed E-state index contributed by atoms with van der Waals surface area (Å²) < 4.78 is 6.92. The van der Waals surface area contributed by atoms with Crippen molar-refractivity contribution in [1.82, 2.24) is 20.0 Å². The summed E-state index contributed by atoms with van der Waals surface area (Å²) in [5.74, 6) is 0. The van der Waals surface area contributed by atoms with E-state index in [4.69, 9.17) is 4.74 Å². The molecule has 0 bridgehead atoms. The molecule has 0 radical (unpaired) electrons. The van der Waals surface area contributed by atoms with Crippen LogP contribution in [-0.2, 0) is 11.3 Å². The summed E-state index contributed by atoms with van der Waals surface area (Å²) in [5, 5.41) is 7.34. The van der Waals surface area contributed by atoms with Crippen molar-refractivity contribution in [3.05, 3.63) is 24.5 Å². The lowest BCUT2D eigenvalue weighted by Gasteiger charge is -2.24. The molecule has 1 aromatic heterocycles. The van der Waals surface area contributed by atoms with Gasteiger partial charge in [0.25, 0.3) is 0 Å². The molecular weight excluding hydrogens is 256 g/mol. The predicted octanol–water partition coefficient (Wildman–Crippen LogP) is 1.94. The van der Waals surface area contributed by atoms with Gasteiger partial charge in [0.15, 0.2) is 0 Å². The molecular formula is C14H24N4O2. The Morgan fingerprint density at radius 1 is 1.60 bits per heavy atom. The number of carbonyl (C=O) groups excluding carboxylic acids is 1.